The smallest absolute Gasteiger partial charge is 0.157 e. The molecule has 4 nitrogen and oxygen atoms in total. The second-order valence-corrected chi connectivity index (χ2v) is 3.98. The topological polar surface area (TPSA) is 38.2 Å². The van der Waals surface area contributed by atoms with Crippen molar-refractivity contribution in [2.75, 3.05) is 18.7 Å². The van der Waals surface area contributed by atoms with Crippen molar-refractivity contribution in [2.45, 2.75) is 6.42 Å². The molecule has 1 aromatic heterocycles. The van der Waals surface area contributed by atoms with Crippen LogP contribution in [0.15, 0.2) is 36.7 Å². The number of rotatable bonds is 2. The van der Waals surface area contributed by atoms with E-state index in [2.05, 4.69) is 27.0 Å². The number of hydrogen-bond acceptors (Lipinski definition) is 4. The number of ether oxygens (including phenoxy) is 1. The van der Waals surface area contributed by atoms with E-state index < -0.39 is 0 Å². The van der Waals surface area contributed by atoms with Crippen LogP contribution in [0.5, 0.6) is 0 Å². The molecule has 0 saturated heterocycles. The monoisotopic (exact) mass is 227 g/mol. The van der Waals surface area contributed by atoms with Crippen LogP contribution in [0.25, 0.3) is 0 Å². The molecule has 0 fully saturated rings. The van der Waals surface area contributed by atoms with Crippen LogP contribution >= 0.6 is 0 Å². The van der Waals surface area contributed by atoms with Crippen molar-refractivity contribution in [2.24, 2.45) is 0 Å². The highest BCUT2D eigenvalue weighted by Gasteiger charge is 2.23. The molecule has 2 aromatic rings. The molecule has 0 saturated carbocycles. The quantitative estimate of drug-likeness (QED) is 0.787. The van der Waals surface area contributed by atoms with Gasteiger partial charge in [-0.05, 0) is 11.6 Å². The number of methoxy groups -OCH3 is 1. The van der Waals surface area contributed by atoms with E-state index in [-0.39, 0.29) is 0 Å². The van der Waals surface area contributed by atoms with Gasteiger partial charge >= 0.3 is 0 Å². The van der Waals surface area contributed by atoms with Gasteiger partial charge in [0.05, 0.1) is 5.69 Å². The van der Waals surface area contributed by atoms with Crippen LogP contribution in [0.1, 0.15) is 11.3 Å². The van der Waals surface area contributed by atoms with Gasteiger partial charge in [0, 0.05) is 31.6 Å². The van der Waals surface area contributed by atoms with Crippen LogP contribution in [-0.2, 0) is 11.2 Å². The van der Waals surface area contributed by atoms with Crippen molar-refractivity contribution in [3.8, 4) is 0 Å². The summed E-state index contributed by atoms with van der Waals surface area (Å²) < 4.78 is 5.25. The Kier molecular flexibility index (Phi) is 2.49. The Morgan fingerprint density at radius 3 is 2.94 bits per heavy atom. The maximum absolute atomic E-state index is 5.25. The molecule has 0 N–H and O–H groups in total. The van der Waals surface area contributed by atoms with Gasteiger partial charge in [-0.25, -0.2) is 4.98 Å². The fourth-order valence-electron chi connectivity index (χ4n) is 2.19. The predicted octanol–water partition coefficient (Wildman–Crippen LogP) is 2.12. The highest BCUT2D eigenvalue weighted by molar-refractivity contribution is 5.69. The molecule has 0 amide bonds. The van der Waals surface area contributed by atoms with Gasteiger partial charge in [-0.2, -0.15) is 0 Å². The molecular weight excluding hydrogens is 214 g/mol. The lowest BCUT2D eigenvalue weighted by Gasteiger charge is -2.30. The van der Waals surface area contributed by atoms with Gasteiger partial charge in [0.2, 0.25) is 0 Å². The molecule has 0 bridgehead atoms. The van der Waals surface area contributed by atoms with Crippen LogP contribution in [0.4, 0.5) is 11.5 Å². The maximum atomic E-state index is 5.25. The maximum Gasteiger partial charge on any atom is 0.157 e. The number of benzene rings is 1. The van der Waals surface area contributed by atoms with E-state index in [1.165, 1.54) is 5.56 Å². The zero-order valence-corrected chi connectivity index (χ0v) is 9.63. The van der Waals surface area contributed by atoms with E-state index in [4.69, 9.17) is 4.74 Å². The van der Waals surface area contributed by atoms with Gasteiger partial charge in [0.25, 0.3) is 0 Å². The summed E-state index contributed by atoms with van der Waals surface area (Å²) in [5.41, 5.74) is 3.42. The summed E-state index contributed by atoms with van der Waals surface area (Å²) in [6, 6.07) is 8.29. The van der Waals surface area contributed by atoms with Gasteiger partial charge in [-0.3, -0.25) is 4.98 Å². The number of fused-ring (bicyclic) bond motifs is 2. The molecule has 86 valence electrons. The summed E-state index contributed by atoms with van der Waals surface area (Å²) in [5.74, 6) is 0.896. The molecule has 17 heavy (non-hydrogen) atoms. The van der Waals surface area contributed by atoms with E-state index >= 15 is 0 Å². The summed E-state index contributed by atoms with van der Waals surface area (Å²) in [4.78, 5) is 10.8. The first-order valence-electron chi connectivity index (χ1n) is 5.54. The first kappa shape index (κ1) is 10.2. The Balaban J connectivity index is 2.13. The lowest BCUT2D eigenvalue weighted by molar-refractivity contribution is 0.205. The van der Waals surface area contributed by atoms with Crippen LogP contribution < -0.4 is 4.90 Å². The van der Waals surface area contributed by atoms with Crippen molar-refractivity contribution in [1.29, 1.82) is 0 Å². The van der Waals surface area contributed by atoms with E-state index in [0.29, 0.717) is 6.73 Å². The minimum absolute atomic E-state index is 0.489. The molecule has 2 heterocycles. The molecule has 1 aliphatic rings. The minimum atomic E-state index is 0.489. The predicted molar refractivity (Wildman–Crippen MR) is 65.3 cm³/mol. The van der Waals surface area contributed by atoms with Gasteiger partial charge < -0.3 is 9.64 Å². The van der Waals surface area contributed by atoms with Crippen LogP contribution in [0, 0.1) is 0 Å². The van der Waals surface area contributed by atoms with Crippen LogP contribution in [0.3, 0.4) is 0 Å². The molecule has 0 unspecified atom stereocenters. The second-order valence-electron chi connectivity index (χ2n) is 3.98. The van der Waals surface area contributed by atoms with E-state index in [1.54, 1.807) is 19.5 Å². The zero-order valence-electron chi connectivity index (χ0n) is 9.63. The summed E-state index contributed by atoms with van der Waals surface area (Å²) in [6.07, 6.45) is 4.28. The zero-order chi connectivity index (χ0) is 11.7. The standard InChI is InChI=1S/C13H13N3O/c1-17-9-16-12-5-3-2-4-10(12)8-11-13(16)15-7-6-14-11/h2-7H,8-9H2,1H3. The Hall–Kier alpha value is -1.94. The van der Waals surface area contributed by atoms with Crippen molar-refractivity contribution >= 4 is 11.5 Å². The van der Waals surface area contributed by atoms with E-state index in [9.17, 15) is 0 Å². The fourth-order valence-corrected chi connectivity index (χ4v) is 2.19. The first-order valence-corrected chi connectivity index (χ1v) is 5.54. The average molecular weight is 227 g/mol. The molecule has 0 atom stereocenters. The molecule has 1 aromatic carbocycles. The molecule has 0 spiro atoms. The molecule has 1 aliphatic heterocycles. The number of hydrogen-bond donors (Lipinski definition) is 0. The Morgan fingerprint density at radius 1 is 1.24 bits per heavy atom. The number of para-hydroxylation sites is 1. The summed E-state index contributed by atoms with van der Waals surface area (Å²) in [6.45, 7) is 0.489. The summed E-state index contributed by atoms with van der Waals surface area (Å²) in [7, 11) is 1.69. The lowest BCUT2D eigenvalue weighted by Crippen LogP contribution is -2.27. The van der Waals surface area contributed by atoms with Gasteiger partial charge in [0.15, 0.2) is 5.82 Å². The minimum Gasteiger partial charge on any atom is -0.364 e. The van der Waals surface area contributed by atoms with E-state index in [0.717, 1.165) is 23.6 Å². The summed E-state index contributed by atoms with van der Waals surface area (Å²) in [5, 5.41) is 0. The number of anilines is 2. The Morgan fingerprint density at radius 2 is 2.06 bits per heavy atom. The van der Waals surface area contributed by atoms with Gasteiger partial charge in [-0.15, -0.1) is 0 Å². The van der Waals surface area contributed by atoms with Gasteiger partial charge in [0.1, 0.15) is 6.73 Å². The largest absolute Gasteiger partial charge is 0.364 e. The first-order chi connectivity index (χ1) is 8.40. The van der Waals surface area contributed by atoms with Crippen molar-refractivity contribution in [3.63, 3.8) is 0 Å². The fraction of sp³-hybridized carbons (Fsp3) is 0.231. The molecule has 4 heteroatoms. The third kappa shape index (κ3) is 1.66. The van der Waals surface area contributed by atoms with Crippen molar-refractivity contribution < 1.29 is 4.74 Å². The van der Waals surface area contributed by atoms with Crippen molar-refractivity contribution in [3.05, 3.63) is 47.9 Å². The molecule has 3 rings (SSSR count). The number of nitrogens with zero attached hydrogens (tertiary/aromatic N) is 3. The van der Waals surface area contributed by atoms with Crippen molar-refractivity contribution in [1.82, 2.24) is 9.97 Å². The van der Waals surface area contributed by atoms with Gasteiger partial charge in [-0.1, -0.05) is 18.2 Å². The van der Waals surface area contributed by atoms with E-state index in [1.807, 2.05) is 12.1 Å². The molecule has 0 radical (unpaired) electrons. The Labute approximate surface area is 99.9 Å². The lowest BCUT2D eigenvalue weighted by atomic mass is 10.0. The highest BCUT2D eigenvalue weighted by Crippen LogP contribution is 2.35. The summed E-state index contributed by atoms with van der Waals surface area (Å²) >= 11 is 0. The molecular formula is C13H13N3O. The SMILES string of the molecule is COCN1c2ccccc2Cc2nccnc21. The molecule has 0 aliphatic carbocycles. The van der Waals surface area contributed by atoms with Crippen LogP contribution in [0.2, 0.25) is 0 Å². The van der Waals surface area contributed by atoms with Crippen LogP contribution in [-0.4, -0.2) is 23.8 Å². The Bertz CT molecular complexity index is 496. The average Bonchev–Trinajstić information content (AvgIpc) is 2.39. The highest BCUT2D eigenvalue weighted by atomic mass is 16.5. The normalized spacial score (nSPS) is 13.1. The number of aromatic nitrogens is 2. The second kappa shape index (κ2) is 4.14. The third-order valence-electron chi connectivity index (χ3n) is 2.91. The third-order valence-corrected chi connectivity index (χ3v) is 2.91.